The summed E-state index contributed by atoms with van der Waals surface area (Å²) in [5.74, 6) is -24.4. The summed E-state index contributed by atoms with van der Waals surface area (Å²) in [7, 11) is 0. The first-order valence-electron chi connectivity index (χ1n) is 5.90. The Bertz CT molecular complexity index is 597. The van der Waals surface area contributed by atoms with Gasteiger partial charge in [0.25, 0.3) is 0 Å². The predicted molar refractivity (Wildman–Crippen MR) is 62.6 cm³/mol. The van der Waals surface area contributed by atoms with Gasteiger partial charge in [-0.1, -0.05) is 31.2 Å². The first-order valence-corrected chi connectivity index (χ1v) is 5.90. The number of carboxylic acids is 1. The molecule has 3 nitrogen and oxygen atoms in total. The molecule has 1 aromatic carbocycles. The number of rotatable bonds is 6. The summed E-state index contributed by atoms with van der Waals surface area (Å²) in [6.45, 7) is 1.44. The van der Waals surface area contributed by atoms with E-state index in [4.69, 9.17) is 5.11 Å². The molecule has 0 unspecified atom stereocenters. The highest BCUT2D eigenvalue weighted by Gasteiger charge is 2.78. The zero-order valence-corrected chi connectivity index (χ0v) is 11.0. The third kappa shape index (κ3) is 2.55. The van der Waals surface area contributed by atoms with Crippen molar-refractivity contribution in [3.63, 3.8) is 0 Å². The minimum atomic E-state index is -6.39. The molecule has 0 atom stereocenters. The van der Waals surface area contributed by atoms with Crippen LogP contribution >= 0.6 is 0 Å². The van der Waals surface area contributed by atoms with E-state index in [-0.39, 0.29) is 12.0 Å². The van der Waals surface area contributed by atoms with Gasteiger partial charge >= 0.3 is 23.7 Å². The molecule has 1 rings (SSSR count). The molecule has 0 radical (unpaired) electrons. The van der Waals surface area contributed by atoms with Crippen LogP contribution in [0.15, 0.2) is 24.3 Å². The Hall–Kier alpha value is -2.06. The van der Waals surface area contributed by atoms with Gasteiger partial charge in [-0.3, -0.25) is 4.79 Å². The van der Waals surface area contributed by atoms with Crippen LogP contribution in [0.25, 0.3) is 0 Å². The molecule has 9 heteroatoms. The number of benzene rings is 1. The Balaban J connectivity index is 3.40. The second-order valence-electron chi connectivity index (χ2n) is 4.37. The van der Waals surface area contributed by atoms with Crippen LogP contribution in [0.3, 0.4) is 0 Å². The first-order chi connectivity index (χ1) is 9.91. The van der Waals surface area contributed by atoms with Gasteiger partial charge in [0.15, 0.2) is 0 Å². The van der Waals surface area contributed by atoms with Crippen LogP contribution in [-0.2, 0) is 11.2 Å². The van der Waals surface area contributed by atoms with E-state index < -0.39 is 35.1 Å². The van der Waals surface area contributed by atoms with Crippen LogP contribution < -0.4 is 0 Å². The Morgan fingerprint density at radius 3 is 1.95 bits per heavy atom. The summed E-state index contributed by atoms with van der Waals surface area (Å²) in [4.78, 5) is 21.7. The number of hydrogen-bond donors (Lipinski definition) is 1. The smallest absolute Gasteiger partial charge is 0.411 e. The van der Waals surface area contributed by atoms with Gasteiger partial charge < -0.3 is 5.11 Å². The molecule has 1 N–H and O–H groups in total. The van der Waals surface area contributed by atoms with Crippen LogP contribution in [-0.4, -0.2) is 34.6 Å². The standard InChI is InChI=1S/C13H10F6O3/c1-2-7-5-3-4-6-8(7)9(20)11(14,15)13(18,19)12(16,17)10(21)22/h3-6H,2H2,1H3,(H,21,22). The van der Waals surface area contributed by atoms with Gasteiger partial charge in [-0.05, 0) is 12.0 Å². The molecule has 0 aliphatic rings. The van der Waals surface area contributed by atoms with E-state index >= 15 is 0 Å². The monoisotopic (exact) mass is 328 g/mol. The van der Waals surface area contributed by atoms with E-state index in [1.807, 2.05) is 0 Å². The lowest BCUT2D eigenvalue weighted by molar-refractivity contribution is -0.285. The number of hydrogen-bond acceptors (Lipinski definition) is 2. The first kappa shape index (κ1) is 18.0. The molecule has 0 fully saturated rings. The summed E-state index contributed by atoms with van der Waals surface area (Å²) >= 11 is 0. The molecule has 0 saturated carbocycles. The molecule has 0 bridgehead atoms. The van der Waals surface area contributed by atoms with Crippen molar-refractivity contribution in [1.29, 1.82) is 0 Å². The summed E-state index contributed by atoms with van der Waals surface area (Å²) < 4.78 is 79.6. The second kappa shape index (κ2) is 5.62. The minimum Gasteiger partial charge on any atom is -0.477 e. The third-order valence-corrected chi connectivity index (χ3v) is 2.99. The highest BCUT2D eigenvalue weighted by Crippen LogP contribution is 2.47. The van der Waals surface area contributed by atoms with E-state index in [1.54, 1.807) is 0 Å². The van der Waals surface area contributed by atoms with E-state index in [0.29, 0.717) is 0 Å². The summed E-state index contributed by atoms with van der Waals surface area (Å²) in [6, 6.07) is 4.41. The normalized spacial score (nSPS) is 13.0. The van der Waals surface area contributed by atoms with Crippen LogP contribution in [0.1, 0.15) is 22.8 Å². The number of aryl methyl sites for hydroxylation is 1. The topological polar surface area (TPSA) is 54.4 Å². The quantitative estimate of drug-likeness (QED) is 0.643. The fraction of sp³-hybridized carbons (Fsp3) is 0.385. The summed E-state index contributed by atoms with van der Waals surface area (Å²) in [5.41, 5.74) is -0.919. The molecule has 0 aliphatic carbocycles. The van der Waals surface area contributed by atoms with Crippen LogP contribution in [0, 0.1) is 0 Å². The highest BCUT2D eigenvalue weighted by atomic mass is 19.3. The lowest BCUT2D eigenvalue weighted by Gasteiger charge is -2.29. The highest BCUT2D eigenvalue weighted by molar-refractivity contribution is 6.04. The van der Waals surface area contributed by atoms with Gasteiger partial charge in [-0.15, -0.1) is 0 Å². The van der Waals surface area contributed by atoms with Gasteiger partial charge in [0.2, 0.25) is 5.78 Å². The Labute approximate surface area is 120 Å². The van der Waals surface area contributed by atoms with Crippen molar-refractivity contribution in [2.45, 2.75) is 31.1 Å². The van der Waals surface area contributed by atoms with E-state index in [2.05, 4.69) is 0 Å². The summed E-state index contributed by atoms with van der Waals surface area (Å²) in [6.07, 6.45) is 0.0128. The largest absolute Gasteiger partial charge is 0.477 e. The lowest BCUT2D eigenvalue weighted by atomic mass is 9.92. The van der Waals surface area contributed by atoms with E-state index in [1.165, 1.54) is 19.1 Å². The lowest BCUT2D eigenvalue weighted by Crippen LogP contribution is -2.61. The number of carbonyl (C=O) groups excluding carboxylic acids is 1. The van der Waals surface area contributed by atoms with Gasteiger partial charge in [-0.2, -0.15) is 26.3 Å². The fourth-order valence-electron chi connectivity index (χ4n) is 1.69. The number of alkyl halides is 6. The number of Topliss-reactive ketones (excluding diaryl/α,β-unsaturated/α-hetero) is 1. The maximum atomic E-state index is 13.6. The van der Waals surface area contributed by atoms with Crippen molar-refractivity contribution in [2.24, 2.45) is 0 Å². The molecular formula is C13H10F6O3. The molecule has 0 aromatic heterocycles. The van der Waals surface area contributed by atoms with E-state index in [0.717, 1.165) is 12.1 Å². The number of halogens is 6. The second-order valence-corrected chi connectivity index (χ2v) is 4.37. The van der Waals surface area contributed by atoms with Gasteiger partial charge in [-0.25, -0.2) is 4.79 Å². The van der Waals surface area contributed by atoms with Crippen molar-refractivity contribution < 1.29 is 41.0 Å². The average Bonchev–Trinajstić information content (AvgIpc) is 2.45. The van der Waals surface area contributed by atoms with Gasteiger partial charge in [0.1, 0.15) is 0 Å². The number of aliphatic carboxylic acids is 1. The van der Waals surface area contributed by atoms with Crippen molar-refractivity contribution >= 4 is 11.8 Å². The average molecular weight is 328 g/mol. The molecule has 0 amide bonds. The third-order valence-electron chi connectivity index (χ3n) is 2.99. The molecule has 22 heavy (non-hydrogen) atoms. The zero-order chi connectivity index (χ0) is 17.3. The molecule has 0 spiro atoms. The molecule has 1 aromatic rings. The van der Waals surface area contributed by atoms with Crippen LogP contribution in [0.5, 0.6) is 0 Å². The maximum Gasteiger partial charge on any atom is 0.411 e. The van der Waals surface area contributed by atoms with Crippen molar-refractivity contribution in [3.8, 4) is 0 Å². The molecule has 122 valence electrons. The van der Waals surface area contributed by atoms with Crippen molar-refractivity contribution in [3.05, 3.63) is 35.4 Å². The van der Waals surface area contributed by atoms with Crippen LogP contribution in [0.4, 0.5) is 26.3 Å². The number of carbonyl (C=O) groups is 2. The SMILES string of the molecule is CCc1ccccc1C(=O)C(F)(F)C(F)(F)C(F)(F)C(=O)O. The Kier molecular flexibility index (Phi) is 4.59. The Morgan fingerprint density at radius 1 is 1.00 bits per heavy atom. The van der Waals surface area contributed by atoms with Gasteiger partial charge in [0.05, 0.1) is 0 Å². The molecular weight excluding hydrogens is 318 g/mol. The summed E-state index contributed by atoms with van der Waals surface area (Å²) in [5, 5.41) is 8.02. The number of ketones is 1. The fourth-order valence-corrected chi connectivity index (χ4v) is 1.69. The van der Waals surface area contributed by atoms with Crippen molar-refractivity contribution in [2.75, 3.05) is 0 Å². The minimum absolute atomic E-state index is 0.0128. The maximum absolute atomic E-state index is 13.6. The molecule has 0 heterocycles. The predicted octanol–water partition coefficient (Wildman–Crippen LogP) is 3.42. The number of carboxylic acid groups (broad SMARTS) is 1. The zero-order valence-electron chi connectivity index (χ0n) is 11.0. The van der Waals surface area contributed by atoms with E-state index in [9.17, 15) is 35.9 Å². The van der Waals surface area contributed by atoms with Gasteiger partial charge in [0, 0.05) is 5.56 Å². The molecule has 0 aliphatic heterocycles. The Morgan fingerprint density at radius 2 is 1.50 bits per heavy atom. The van der Waals surface area contributed by atoms with Crippen molar-refractivity contribution in [1.82, 2.24) is 0 Å². The van der Waals surface area contributed by atoms with Crippen LogP contribution in [0.2, 0.25) is 0 Å². The molecule has 0 saturated heterocycles.